The lowest BCUT2D eigenvalue weighted by Gasteiger charge is -2.09. The Balaban J connectivity index is 2.96. The fourth-order valence-corrected chi connectivity index (χ4v) is 2.33. The average molecular weight is 254 g/mol. The van der Waals surface area contributed by atoms with E-state index in [1.165, 1.54) is 0 Å². The first-order valence-corrected chi connectivity index (χ1v) is 6.61. The van der Waals surface area contributed by atoms with Crippen molar-refractivity contribution in [2.45, 2.75) is 37.3 Å². The van der Waals surface area contributed by atoms with E-state index in [4.69, 9.17) is 0 Å². The molecule has 0 saturated heterocycles. The van der Waals surface area contributed by atoms with Gasteiger partial charge in [-0.2, -0.15) is 0 Å². The zero-order valence-corrected chi connectivity index (χ0v) is 11.2. The summed E-state index contributed by atoms with van der Waals surface area (Å²) in [6, 6.07) is 5.18. The van der Waals surface area contributed by atoms with Crippen LogP contribution in [0, 0.1) is 10.1 Å². The highest BCUT2D eigenvalue weighted by Gasteiger charge is 2.10. The number of hydrogen-bond donors (Lipinski definition) is 1. The van der Waals surface area contributed by atoms with Crippen LogP contribution in [0.25, 0.3) is 0 Å². The molecule has 0 aliphatic heterocycles. The molecule has 17 heavy (non-hydrogen) atoms. The molecule has 0 atom stereocenters. The Kier molecular flexibility index (Phi) is 5.28. The summed E-state index contributed by atoms with van der Waals surface area (Å²) in [5.74, 6) is 0. The molecule has 94 valence electrons. The van der Waals surface area contributed by atoms with Crippen LogP contribution in [-0.2, 0) is 0 Å². The fourth-order valence-electron chi connectivity index (χ4n) is 1.40. The van der Waals surface area contributed by atoms with E-state index in [0.29, 0.717) is 5.25 Å². The number of anilines is 1. The zero-order chi connectivity index (χ0) is 12.8. The third-order valence-corrected chi connectivity index (χ3v) is 3.03. The van der Waals surface area contributed by atoms with Crippen molar-refractivity contribution in [2.24, 2.45) is 0 Å². The molecular weight excluding hydrogens is 236 g/mol. The predicted molar refractivity (Wildman–Crippen MR) is 72.9 cm³/mol. The van der Waals surface area contributed by atoms with Gasteiger partial charge in [-0.1, -0.05) is 20.8 Å². The van der Waals surface area contributed by atoms with Crippen LogP contribution in [0.3, 0.4) is 0 Å². The zero-order valence-electron chi connectivity index (χ0n) is 10.4. The second kappa shape index (κ2) is 6.49. The summed E-state index contributed by atoms with van der Waals surface area (Å²) >= 11 is 1.63. The van der Waals surface area contributed by atoms with Gasteiger partial charge in [0.2, 0.25) is 0 Å². The minimum atomic E-state index is -0.346. The number of non-ortho nitro benzene ring substituents is 1. The molecule has 0 radical (unpaired) electrons. The van der Waals surface area contributed by atoms with Gasteiger partial charge in [-0.15, -0.1) is 11.8 Å². The number of nitrogens with one attached hydrogen (secondary N) is 1. The molecule has 5 heteroatoms. The normalized spacial score (nSPS) is 10.6. The maximum absolute atomic E-state index is 10.8. The van der Waals surface area contributed by atoms with E-state index in [-0.39, 0.29) is 10.6 Å². The summed E-state index contributed by atoms with van der Waals surface area (Å²) in [5.41, 5.74) is 0.971. The Morgan fingerprint density at radius 3 is 2.65 bits per heavy atom. The van der Waals surface area contributed by atoms with Gasteiger partial charge in [0.25, 0.3) is 5.69 Å². The van der Waals surface area contributed by atoms with E-state index in [0.717, 1.165) is 23.5 Å². The summed E-state index contributed by atoms with van der Waals surface area (Å²) in [6.07, 6.45) is 0.995. The summed E-state index contributed by atoms with van der Waals surface area (Å²) < 4.78 is 0. The van der Waals surface area contributed by atoms with Crippen LogP contribution < -0.4 is 5.32 Å². The molecule has 0 saturated carbocycles. The summed E-state index contributed by atoms with van der Waals surface area (Å²) in [6.45, 7) is 7.03. The molecule has 1 aromatic carbocycles. The topological polar surface area (TPSA) is 55.2 Å². The maximum atomic E-state index is 10.8. The van der Waals surface area contributed by atoms with Gasteiger partial charge in [0, 0.05) is 34.5 Å². The molecule has 4 nitrogen and oxygen atoms in total. The van der Waals surface area contributed by atoms with Crippen LogP contribution in [0.4, 0.5) is 11.4 Å². The van der Waals surface area contributed by atoms with Crippen LogP contribution in [0.5, 0.6) is 0 Å². The third kappa shape index (κ3) is 4.65. The summed E-state index contributed by atoms with van der Waals surface area (Å²) in [4.78, 5) is 11.4. The highest BCUT2D eigenvalue weighted by molar-refractivity contribution is 7.99. The number of rotatable bonds is 6. The molecule has 0 spiro atoms. The largest absolute Gasteiger partial charge is 0.385 e. The van der Waals surface area contributed by atoms with Gasteiger partial charge in [0.1, 0.15) is 0 Å². The number of nitro benzene ring substituents is 1. The second-order valence-corrected chi connectivity index (χ2v) is 5.72. The number of thioether (sulfide) groups is 1. The quantitative estimate of drug-likeness (QED) is 0.475. The van der Waals surface area contributed by atoms with E-state index in [9.17, 15) is 10.1 Å². The smallest absolute Gasteiger partial charge is 0.272 e. The molecule has 0 aliphatic rings. The molecule has 0 aliphatic carbocycles. The molecule has 1 aromatic rings. The molecule has 1 rings (SSSR count). The van der Waals surface area contributed by atoms with Crippen LogP contribution in [0.15, 0.2) is 23.1 Å². The lowest BCUT2D eigenvalue weighted by molar-refractivity contribution is -0.385. The third-order valence-electron chi connectivity index (χ3n) is 2.05. The van der Waals surface area contributed by atoms with Crippen LogP contribution >= 0.6 is 11.8 Å². The number of nitro groups is 1. The summed E-state index contributed by atoms with van der Waals surface area (Å²) in [7, 11) is 0. The fraction of sp³-hybridized carbons (Fsp3) is 0.500. The number of hydrogen-bond acceptors (Lipinski definition) is 4. The van der Waals surface area contributed by atoms with Gasteiger partial charge in [0.05, 0.1) is 4.92 Å². The van der Waals surface area contributed by atoms with E-state index in [1.54, 1.807) is 23.9 Å². The Morgan fingerprint density at radius 2 is 2.12 bits per heavy atom. The number of nitrogens with zero attached hydrogens (tertiary/aromatic N) is 1. The Bertz CT molecular complexity index is 394. The molecule has 0 unspecified atom stereocenters. The van der Waals surface area contributed by atoms with Gasteiger partial charge in [-0.05, 0) is 12.5 Å². The van der Waals surface area contributed by atoms with Gasteiger partial charge in [-0.25, -0.2) is 0 Å². The van der Waals surface area contributed by atoms with Crippen LogP contribution in [0.1, 0.15) is 27.2 Å². The first kappa shape index (κ1) is 13.8. The van der Waals surface area contributed by atoms with Crippen molar-refractivity contribution in [3.05, 3.63) is 28.3 Å². The van der Waals surface area contributed by atoms with E-state index < -0.39 is 0 Å². The molecule has 1 N–H and O–H groups in total. The summed E-state index contributed by atoms with van der Waals surface area (Å²) in [5, 5.41) is 14.4. The molecule has 0 heterocycles. The van der Waals surface area contributed by atoms with E-state index in [1.807, 2.05) is 6.07 Å². The Labute approximate surface area is 106 Å². The van der Waals surface area contributed by atoms with Crippen molar-refractivity contribution in [1.29, 1.82) is 0 Å². The van der Waals surface area contributed by atoms with Gasteiger partial charge in [-0.3, -0.25) is 10.1 Å². The highest BCUT2D eigenvalue weighted by Crippen LogP contribution is 2.30. The minimum Gasteiger partial charge on any atom is -0.385 e. The van der Waals surface area contributed by atoms with E-state index >= 15 is 0 Å². The lowest BCUT2D eigenvalue weighted by atomic mass is 10.2. The molecule has 0 aromatic heterocycles. The van der Waals surface area contributed by atoms with Crippen molar-refractivity contribution in [1.82, 2.24) is 0 Å². The highest BCUT2D eigenvalue weighted by atomic mass is 32.2. The second-order valence-electron chi connectivity index (χ2n) is 4.07. The van der Waals surface area contributed by atoms with Gasteiger partial charge >= 0.3 is 0 Å². The van der Waals surface area contributed by atoms with Crippen molar-refractivity contribution in [3.63, 3.8) is 0 Å². The first-order chi connectivity index (χ1) is 8.02. The SMILES string of the molecule is CCCNc1cc(SC(C)C)cc([N+](=O)[O-])c1. The van der Waals surface area contributed by atoms with Crippen molar-refractivity contribution in [2.75, 3.05) is 11.9 Å². The average Bonchev–Trinajstić information content (AvgIpc) is 2.25. The minimum absolute atomic E-state index is 0.147. The molecule has 0 amide bonds. The monoisotopic (exact) mass is 254 g/mol. The molecule has 0 bridgehead atoms. The van der Waals surface area contributed by atoms with Crippen molar-refractivity contribution >= 4 is 23.1 Å². The molecule has 0 fully saturated rings. The standard InChI is InChI=1S/C12H18N2O2S/c1-4-5-13-10-6-11(14(15)16)8-12(7-10)17-9(2)3/h6-9,13H,4-5H2,1-3H3. The Hall–Kier alpha value is -1.23. The van der Waals surface area contributed by atoms with Gasteiger partial charge < -0.3 is 5.32 Å². The first-order valence-electron chi connectivity index (χ1n) is 5.73. The predicted octanol–water partition coefficient (Wildman–Crippen LogP) is 3.92. The van der Waals surface area contributed by atoms with Crippen molar-refractivity contribution < 1.29 is 4.92 Å². The van der Waals surface area contributed by atoms with Crippen molar-refractivity contribution in [3.8, 4) is 0 Å². The van der Waals surface area contributed by atoms with Gasteiger partial charge in [0.15, 0.2) is 0 Å². The van der Waals surface area contributed by atoms with Crippen LogP contribution in [-0.4, -0.2) is 16.7 Å². The number of benzene rings is 1. The molecular formula is C12H18N2O2S. The van der Waals surface area contributed by atoms with Crippen LogP contribution in [0.2, 0.25) is 0 Å². The van der Waals surface area contributed by atoms with E-state index in [2.05, 4.69) is 26.1 Å². The Morgan fingerprint density at radius 1 is 1.41 bits per heavy atom. The lowest BCUT2D eigenvalue weighted by Crippen LogP contribution is -2.01. The maximum Gasteiger partial charge on any atom is 0.272 e.